The van der Waals surface area contributed by atoms with E-state index < -0.39 is 0 Å². The number of nitrogens with one attached hydrogen (secondary N) is 2. The van der Waals surface area contributed by atoms with Crippen molar-refractivity contribution in [1.82, 2.24) is 24.5 Å². The molecule has 0 aliphatic carbocycles. The van der Waals surface area contributed by atoms with Crippen LogP contribution in [0.4, 0.5) is 28.8 Å². The SMILES string of the molecule is c1cncc(Nc2nc(Nc3ccc(N4CCOCC4)cc3)c3ncn(-c4ccsc4)c3n2)c1. The minimum atomic E-state index is 0.463. The summed E-state index contributed by atoms with van der Waals surface area (Å²) in [5.74, 6) is 1.09. The lowest BCUT2D eigenvalue weighted by molar-refractivity contribution is 0.122. The van der Waals surface area contributed by atoms with E-state index in [1.54, 1.807) is 30.1 Å². The van der Waals surface area contributed by atoms with Crippen LogP contribution < -0.4 is 15.5 Å². The van der Waals surface area contributed by atoms with Crippen molar-refractivity contribution < 1.29 is 4.74 Å². The third kappa shape index (κ3) is 4.16. The monoisotopic (exact) mass is 470 g/mol. The zero-order valence-corrected chi connectivity index (χ0v) is 19.1. The number of anilines is 5. The van der Waals surface area contributed by atoms with Crippen molar-refractivity contribution in [2.24, 2.45) is 0 Å². The maximum atomic E-state index is 5.46. The summed E-state index contributed by atoms with van der Waals surface area (Å²) < 4.78 is 7.43. The van der Waals surface area contributed by atoms with Crippen LogP contribution in [0.3, 0.4) is 0 Å². The summed E-state index contributed by atoms with van der Waals surface area (Å²) in [5.41, 5.74) is 5.34. The molecule has 4 aromatic heterocycles. The predicted octanol–water partition coefficient (Wildman–Crippen LogP) is 4.60. The number of hydrogen-bond donors (Lipinski definition) is 2. The number of aromatic nitrogens is 5. The number of benzene rings is 1. The van der Waals surface area contributed by atoms with Crippen molar-refractivity contribution in [2.75, 3.05) is 41.8 Å². The van der Waals surface area contributed by atoms with Gasteiger partial charge in [0.1, 0.15) is 6.33 Å². The van der Waals surface area contributed by atoms with Gasteiger partial charge < -0.3 is 20.3 Å². The largest absolute Gasteiger partial charge is 0.378 e. The van der Waals surface area contributed by atoms with Crippen LogP contribution in [0.1, 0.15) is 0 Å². The van der Waals surface area contributed by atoms with E-state index in [1.807, 2.05) is 28.1 Å². The van der Waals surface area contributed by atoms with Gasteiger partial charge in [-0.25, -0.2) is 4.98 Å². The molecule has 1 aromatic carbocycles. The zero-order chi connectivity index (χ0) is 22.7. The molecular formula is C24H22N8OS. The topological polar surface area (TPSA) is 93.0 Å². The van der Waals surface area contributed by atoms with Gasteiger partial charge in [-0.15, -0.1) is 0 Å². The fraction of sp³-hybridized carbons (Fsp3) is 0.167. The number of hydrogen-bond acceptors (Lipinski definition) is 9. The lowest BCUT2D eigenvalue weighted by Gasteiger charge is -2.28. The second-order valence-corrected chi connectivity index (χ2v) is 8.58. The van der Waals surface area contributed by atoms with E-state index in [2.05, 4.69) is 55.1 Å². The molecule has 1 fully saturated rings. The molecular weight excluding hydrogens is 448 g/mol. The molecule has 1 saturated heterocycles. The number of imidazole rings is 1. The Morgan fingerprint density at radius 1 is 0.912 bits per heavy atom. The van der Waals surface area contributed by atoms with Crippen molar-refractivity contribution in [3.05, 3.63) is 71.9 Å². The second kappa shape index (κ2) is 9.08. The van der Waals surface area contributed by atoms with E-state index in [1.165, 1.54) is 5.69 Å². The Bertz CT molecular complexity index is 1380. The Morgan fingerprint density at radius 2 is 1.79 bits per heavy atom. The van der Waals surface area contributed by atoms with E-state index in [0.29, 0.717) is 22.9 Å². The summed E-state index contributed by atoms with van der Waals surface area (Å²) in [6.45, 7) is 3.34. The normalized spacial score (nSPS) is 13.8. The molecule has 9 nitrogen and oxygen atoms in total. The molecule has 10 heteroatoms. The Morgan fingerprint density at radius 3 is 2.56 bits per heavy atom. The highest BCUT2D eigenvalue weighted by atomic mass is 32.1. The summed E-state index contributed by atoms with van der Waals surface area (Å²) in [6, 6.07) is 14.2. The van der Waals surface area contributed by atoms with E-state index in [9.17, 15) is 0 Å². The first-order valence-electron chi connectivity index (χ1n) is 11.0. The Balaban J connectivity index is 1.35. The van der Waals surface area contributed by atoms with Crippen LogP contribution in [0, 0.1) is 0 Å². The summed E-state index contributed by atoms with van der Waals surface area (Å²) in [5, 5.41) is 10.8. The molecule has 0 atom stereocenters. The third-order valence-corrected chi connectivity index (χ3v) is 6.28. The van der Waals surface area contributed by atoms with Crippen LogP contribution in [0.15, 0.2) is 71.9 Å². The van der Waals surface area contributed by atoms with Crippen molar-refractivity contribution >= 4 is 51.3 Å². The van der Waals surface area contributed by atoms with Crippen molar-refractivity contribution in [3.8, 4) is 5.69 Å². The summed E-state index contributed by atoms with van der Waals surface area (Å²) in [4.78, 5) is 20.6. The highest BCUT2D eigenvalue weighted by Crippen LogP contribution is 2.28. The second-order valence-electron chi connectivity index (χ2n) is 7.80. The number of fused-ring (bicyclic) bond motifs is 1. The van der Waals surface area contributed by atoms with Crippen molar-refractivity contribution in [3.63, 3.8) is 0 Å². The van der Waals surface area contributed by atoms with E-state index >= 15 is 0 Å². The molecule has 0 unspecified atom stereocenters. The molecule has 5 heterocycles. The lowest BCUT2D eigenvalue weighted by Crippen LogP contribution is -2.36. The summed E-state index contributed by atoms with van der Waals surface area (Å²) in [7, 11) is 0. The molecule has 2 N–H and O–H groups in total. The first-order valence-corrected chi connectivity index (χ1v) is 11.9. The molecule has 0 saturated carbocycles. The van der Waals surface area contributed by atoms with Gasteiger partial charge in [0, 0.05) is 36.0 Å². The Hall–Kier alpha value is -4.02. The number of morpholine rings is 1. The van der Waals surface area contributed by atoms with Gasteiger partial charge in [0.05, 0.1) is 30.8 Å². The minimum absolute atomic E-state index is 0.463. The average molecular weight is 471 g/mol. The maximum Gasteiger partial charge on any atom is 0.231 e. The number of pyridine rings is 1. The number of rotatable bonds is 6. The van der Waals surface area contributed by atoms with Gasteiger partial charge in [-0.3, -0.25) is 9.55 Å². The van der Waals surface area contributed by atoms with Crippen LogP contribution in [0.25, 0.3) is 16.9 Å². The molecule has 170 valence electrons. The van der Waals surface area contributed by atoms with E-state index in [4.69, 9.17) is 14.7 Å². The van der Waals surface area contributed by atoms with Crippen molar-refractivity contribution in [2.45, 2.75) is 0 Å². The fourth-order valence-corrected chi connectivity index (χ4v) is 4.53. The van der Waals surface area contributed by atoms with Crippen LogP contribution in [-0.2, 0) is 4.74 Å². The minimum Gasteiger partial charge on any atom is -0.378 e. The van der Waals surface area contributed by atoms with Gasteiger partial charge in [0.25, 0.3) is 0 Å². The Labute approximate surface area is 200 Å². The maximum absolute atomic E-state index is 5.46. The van der Waals surface area contributed by atoms with Crippen molar-refractivity contribution in [1.29, 1.82) is 0 Å². The fourth-order valence-electron chi connectivity index (χ4n) is 3.91. The Kier molecular flexibility index (Phi) is 5.50. The van der Waals surface area contributed by atoms with Gasteiger partial charge in [-0.2, -0.15) is 21.3 Å². The molecule has 6 rings (SSSR count). The van der Waals surface area contributed by atoms with Crippen LogP contribution >= 0.6 is 11.3 Å². The number of ether oxygens (including phenoxy) is 1. The van der Waals surface area contributed by atoms with E-state index in [0.717, 1.165) is 43.4 Å². The molecule has 0 spiro atoms. The molecule has 1 aliphatic rings. The third-order valence-electron chi connectivity index (χ3n) is 5.60. The smallest absolute Gasteiger partial charge is 0.231 e. The number of thiophene rings is 1. The molecule has 0 radical (unpaired) electrons. The van der Waals surface area contributed by atoms with Gasteiger partial charge in [-0.05, 0) is 47.8 Å². The lowest BCUT2D eigenvalue weighted by atomic mass is 10.2. The van der Waals surface area contributed by atoms with Gasteiger partial charge in [0.15, 0.2) is 17.0 Å². The quantitative estimate of drug-likeness (QED) is 0.372. The van der Waals surface area contributed by atoms with Crippen LogP contribution in [0.5, 0.6) is 0 Å². The molecule has 34 heavy (non-hydrogen) atoms. The highest BCUT2D eigenvalue weighted by Gasteiger charge is 2.16. The average Bonchev–Trinajstić information content (AvgIpc) is 3.56. The molecule has 1 aliphatic heterocycles. The first-order chi connectivity index (χ1) is 16.8. The predicted molar refractivity (Wildman–Crippen MR) is 135 cm³/mol. The standard InChI is InChI=1S/C24H22N8OS/c1-2-18(14-25-8-1)28-24-29-22(21-23(30-24)32(16-26-21)20-7-13-34-15-20)27-17-3-5-19(6-4-17)31-9-11-33-12-10-31/h1-8,13-16H,9-12H2,(H2,27,28,29,30). The van der Waals surface area contributed by atoms with E-state index in [-0.39, 0.29) is 0 Å². The van der Waals surface area contributed by atoms with Crippen LogP contribution in [0.2, 0.25) is 0 Å². The van der Waals surface area contributed by atoms with Crippen LogP contribution in [-0.4, -0.2) is 50.8 Å². The molecule has 0 amide bonds. The molecule has 0 bridgehead atoms. The zero-order valence-electron chi connectivity index (χ0n) is 18.3. The molecule has 5 aromatic rings. The summed E-state index contributed by atoms with van der Waals surface area (Å²) in [6.07, 6.45) is 5.25. The van der Waals surface area contributed by atoms with Gasteiger partial charge in [0.2, 0.25) is 5.95 Å². The van der Waals surface area contributed by atoms with Gasteiger partial charge >= 0.3 is 0 Å². The highest BCUT2D eigenvalue weighted by molar-refractivity contribution is 7.08. The number of nitrogens with zero attached hydrogens (tertiary/aromatic N) is 6. The van der Waals surface area contributed by atoms with Gasteiger partial charge in [-0.1, -0.05) is 0 Å². The summed E-state index contributed by atoms with van der Waals surface area (Å²) >= 11 is 1.63. The first kappa shape index (κ1) is 20.6.